The van der Waals surface area contributed by atoms with Crippen molar-refractivity contribution >= 4 is 34.5 Å². The number of nitro benzene ring substituents is 1. The van der Waals surface area contributed by atoms with Gasteiger partial charge in [-0.25, -0.2) is 0 Å². The molecule has 0 radical (unpaired) electrons. The molecule has 4 aromatic rings. The van der Waals surface area contributed by atoms with E-state index in [0.717, 1.165) is 11.6 Å². The van der Waals surface area contributed by atoms with Crippen LogP contribution < -0.4 is 5.32 Å². The predicted molar refractivity (Wildman–Crippen MR) is 102 cm³/mol. The highest BCUT2D eigenvalue weighted by Gasteiger charge is 2.16. The molecule has 0 spiro atoms. The normalized spacial score (nSPS) is 10.8. The molecular weight excluding hydrogens is 384 g/mol. The number of fused-ring (bicyclic) bond motifs is 1. The molecule has 138 valence electrons. The standard InChI is InChI=1S/C18H11ClN6O3/c19-15-6-5-13(25(27)28)9-14(15)18(26)21-12-3-1-11(2-4-12)16-7-8-17-22-20-10-24(17)23-16/h1-10H,(H,21,26). The Morgan fingerprint density at radius 1 is 1.11 bits per heavy atom. The van der Waals surface area contributed by atoms with Crippen LogP contribution in [0.4, 0.5) is 11.4 Å². The number of nitrogens with zero attached hydrogens (tertiary/aromatic N) is 5. The summed E-state index contributed by atoms with van der Waals surface area (Å²) in [6.45, 7) is 0. The van der Waals surface area contributed by atoms with Gasteiger partial charge in [-0.05, 0) is 30.3 Å². The van der Waals surface area contributed by atoms with Crippen molar-refractivity contribution in [3.05, 3.63) is 81.6 Å². The molecule has 4 rings (SSSR count). The van der Waals surface area contributed by atoms with Crippen molar-refractivity contribution in [3.8, 4) is 11.3 Å². The van der Waals surface area contributed by atoms with Gasteiger partial charge in [0.1, 0.15) is 6.33 Å². The number of aromatic nitrogens is 4. The molecule has 0 unspecified atom stereocenters. The number of amides is 1. The lowest BCUT2D eigenvalue weighted by atomic mass is 10.1. The van der Waals surface area contributed by atoms with Crippen molar-refractivity contribution in [3.63, 3.8) is 0 Å². The van der Waals surface area contributed by atoms with Crippen LogP contribution in [-0.2, 0) is 0 Å². The molecule has 28 heavy (non-hydrogen) atoms. The van der Waals surface area contributed by atoms with E-state index in [0.29, 0.717) is 17.0 Å². The maximum atomic E-state index is 12.4. The largest absolute Gasteiger partial charge is 0.322 e. The minimum absolute atomic E-state index is 0.0275. The summed E-state index contributed by atoms with van der Waals surface area (Å²) < 4.78 is 1.56. The van der Waals surface area contributed by atoms with E-state index in [4.69, 9.17) is 11.6 Å². The highest BCUT2D eigenvalue weighted by atomic mass is 35.5. The van der Waals surface area contributed by atoms with Gasteiger partial charge < -0.3 is 5.32 Å². The van der Waals surface area contributed by atoms with Crippen molar-refractivity contribution in [1.82, 2.24) is 19.8 Å². The van der Waals surface area contributed by atoms with Gasteiger partial charge in [0.15, 0.2) is 5.65 Å². The first-order valence-electron chi connectivity index (χ1n) is 8.04. The van der Waals surface area contributed by atoms with Crippen LogP contribution in [0.1, 0.15) is 10.4 Å². The third-order valence-electron chi connectivity index (χ3n) is 4.01. The Kier molecular flexibility index (Phi) is 4.42. The van der Waals surface area contributed by atoms with Crippen LogP contribution in [0.3, 0.4) is 0 Å². The number of nitrogens with one attached hydrogen (secondary N) is 1. The lowest BCUT2D eigenvalue weighted by molar-refractivity contribution is -0.384. The van der Waals surface area contributed by atoms with E-state index in [1.807, 2.05) is 6.07 Å². The summed E-state index contributed by atoms with van der Waals surface area (Å²) in [6.07, 6.45) is 1.51. The second-order valence-electron chi connectivity index (χ2n) is 5.81. The number of hydrogen-bond donors (Lipinski definition) is 1. The summed E-state index contributed by atoms with van der Waals surface area (Å²) >= 11 is 6.00. The molecule has 0 saturated carbocycles. The molecule has 2 aromatic carbocycles. The molecule has 9 nitrogen and oxygen atoms in total. The number of benzene rings is 2. The van der Waals surface area contributed by atoms with E-state index in [2.05, 4.69) is 20.6 Å². The number of hydrogen-bond acceptors (Lipinski definition) is 6. The number of nitro groups is 1. The number of carbonyl (C=O) groups is 1. The summed E-state index contributed by atoms with van der Waals surface area (Å²) in [5.74, 6) is -0.537. The number of non-ortho nitro benzene ring substituents is 1. The van der Waals surface area contributed by atoms with Crippen molar-refractivity contribution in [2.75, 3.05) is 5.32 Å². The molecule has 0 aliphatic heterocycles. The van der Waals surface area contributed by atoms with Crippen LogP contribution in [-0.4, -0.2) is 30.6 Å². The Balaban J connectivity index is 1.55. The quantitative estimate of drug-likeness (QED) is 0.417. The summed E-state index contributed by atoms with van der Waals surface area (Å²) in [4.78, 5) is 22.7. The van der Waals surface area contributed by atoms with Gasteiger partial charge in [-0.2, -0.15) is 9.61 Å². The highest BCUT2D eigenvalue weighted by Crippen LogP contribution is 2.24. The first-order chi connectivity index (χ1) is 13.5. The van der Waals surface area contributed by atoms with E-state index in [9.17, 15) is 14.9 Å². The summed E-state index contributed by atoms with van der Waals surface area (Å²) in [5.41, 5.74) is 2.53. The van der Waals surface area contributed by atoms with Gasteiger partial charge in [0.05, 0.1) is 21.2 Å². The van der Waals surface area contributed by atoms with Gasteiger partial charge in [0.25, 0.3) is 11.6 Å². The lowest BCUT2D eigenvalue weighted by Crippen LogP contribution is -2.12. The highest BCUT2D eigenvalue weighted by molar-refractivity contribution is 6.34. The van der Waals surface area contributed by atoms with Gasteiger partial charge in [0, 0.05) is 23.4 Å². The van der Waals surface area contributed by atoms with Gasteiger partial charge in [-0.1, -0.05) is 23.7 Å². The summed E-state index contributed by atoms with van der Waals surface area (Å²) in [6, 6.07) is 14.3. The Hall–Kier alpha value is -3.85. The molecule has 0 saturated heterocycles. The number of carbonyl (C=O) groups excluding carboxylic acids is 1. The van der Waals surface area contributed by atoms with Crippen LogP contribution >= 0.6 is 11.6 Å². The zero-order valence-electron chi connectivity index (χ0n) is 14.1. The van der Waals surface area contributed by atoms with Crippen molar-refractivity contribution in [1.29, 1.82) is 0 Å². The molecule has 0 bridgehead atoms. The Morgan fingerprint density at radius 2 is 1.89 bits per heavy atom. The molecule has 0 atom stereocenters. The fraction of sp³-hybridized carbons (Fsp3) is 0. The fourth-order valence-electron chi connectivity index (χ4n) is 2.61. The van der Waals surface area contributed by atoms with Crippen LogP contribution in [0.2, 0.25) is 5.02 Å². The van der Waals surface area contributed by atoms with E-state index in [-0.39, 0.29) is 16.3 Å². The third kappa shape index (κ3) is 3.38. The topological polar surface area (TPSA) is 115 Å². The van der Waals surface area contributed by atoms with E-state index < -0.39 is 10.8 Å². The molecule has 1 amide bonds. The van der Waals surface area contributed by atoms with Gasteiger partial charge in [-0.3, -0.25) is 14.9 Å². The van der Waals surface area contributed by atoms with Crippen molar-refractivity contribution in [2.45, 2.75) is 0 Å². The molecule has 2 aromatic heterocycles. The van der Waals surface area contributed by atoms with Gasteiger partial charge in [-0.15, -0.1) is 10.2 Å². The third-order valence-corrected chi connectivity index (χ3v) is 4.34. The van der Waals surface area contributed by atoms with Crippen LogP contribution in [0.5, 0.6) is 0 Å². The summed E-state index contributed by atoms with van der Waals surface area (Å²) in [5, 5.41) is 25.8. The molecule has 2 heterocycles. The zero-order chi connectivity index (χ0) is 19.7. The van der Waals surface area contributed by atoms with Crippen LogP contribution in [0.25, 0.3) is 16.9 Å². The van der Waals surface area contributed by atoms with E-state index >= 15 is 0 Å². The number of halogens is 1. The average molecular weight is 395 g/mol. The lowest BCUT2D eigenvalue weighted by Gasteiger charge is -2.08. The monoisotopic (exact) mass is 394 g/mol. The van der Waals surface area contributed by atoms with Crippen LogP contribution in [0, 0.1) is 10.1 Å². The van der Waals surface area contributed by atoms with Crippen LogP contribution in [0.15, 0.2) is 60.9 Å². The molecule has 10 heteroatoms. The Morgan fingerprint density at radius 3 is 2.64 bits per heavy atom. The minimum Gasteiger partial charge on any atom is -0.322 e. The van der Waals surface area contributed by atoms with E-state index in [1.165, 1.54) is 18.5 Å². The number of anilines is 1. The van der Waals surface area contributed by atoms with Crippen molar-refractivity contribution < 1.29 is 9.72 Å². The van der Waals surface area contributed by atoms with E-state index in [1.54, 1.807) is 34.8 Å². The second kappa shape index (κ2) is 7.05. The predicted octanol–water partition coefficient (Wildman–Crippen LogP) is 3.61. The maximum Gasteiger partial charge on any atom is 0.270 e. The second-order valence-corrected chi connectivity index (χ2v) is 6.21. The van der Waals surface area contributed by atoms with Gasteiger partial charge in [0.2, 0.25) is 0 Å². The first-order valence-corrected chi connectivity index (χ1v) is 8.42. The SMILES string of the molecule is O=C(Nc1ccc(-c2ccc3nncn3n2)cc1)c1cc([N+](=O)[O-])ccc1Cl. The molecule has 0 aliphatic rings. The van der Waals surface area contributed by atoms with Gasteiger partial charge >= 0.3 is 0 Å². The average Bonchev–Trinajstić information content (AvgIpc) is 3.16. The first kappa shape index (κ1) is 17.6. The minimum atomic E-state index is -0.582. The smallest absolute Gasteiger partial charge is 0.270 e. The molecular formula is C18H11ClN6O3. The Labute approximate surface area is 162 Å². The molecule has 0 fully saturated rings. The maximum absolute atomic E-state index is 12.4. The zero-order valence-corrected chi connectivity index (χ0v) is 14.9. The van der Waals surface area contributed by atoms with Crippen molar-refractivity contribution in [2.24, 2.45) is 0 Å². The molecule has 1 N–H and O–H groups in total. The molecule has 0 aliphatic carbocycles. The summed E-state index contributed by atoms with van der Waals surface area (Å²) in [7, 11) is 0. The number of rotatable bonds is 4. The Bertz CT molecular complexity index is 1210. The fourth-order valence-corrected chi connectivity index (χ4v) is 2.81.